The Morgan fingerprint density at radius 2 is 2.08 bits per heavy atom. The zero-order valence-electron chi connectivity index (χ0n) is 7.17. The molecule has 13 heavy (non-hydrogen) atoms. The molecule has 68 valence electrons. The number of hydrogen-bond acceptors (Lipinski definition) is 4. The topological polar surface area (TPSA) is 25.8 Å². The number of halogens is 1. The predicted molar refractivity (Wildman–Crippen MR) is 65.4 cm³/mol. The molecule has 0 atom stereocenters. The lowest BCUT2D eigenvalue weighted by Gasteiger charge is -1.92. The molecule has 0 saturated carbocycles. The summed E-state index contributed by atoms with van der Waals surface area (Å²) < 4.78 is 0.996. The van der Waals surface area contributed by atoms with Crippen molar-refractivity contribution in [1.29, 1.82) is 0 Å². The number of aromatic nitrogens is 2. The van der Waals surface area contributed by atoms with Crippen molar-refractivity contribution in [3.05, 3.63) is 18.8 Å². The Balaban J connectivity index is 2.52. The van der Waals surface area contributed by atoms with Gasteiger partial charge in [-0.05, 0) is 42.0 Å². The van der Waals surface area contributed by atoms with Gasteiger partial charge in [-0.15, -0.1) is 21.5 Å². The fourth-order valence-corrected chi connectivity index (χ4v) is 3.36. The van der Waals surface area contributed by atoms with Gasteiger partial charge >= 0.3 is 0 Å². The maximum absolute atomic E-state index is 4.13. The average molecular weight is 322 g/mol. The van der Waals surface area contributed by atoms with Crippen LogP contribution in [0.15, 0.2) is 5.38 Å². The van der Waals surface area contributed by atoms with Gasteiger partial charge in [-0.1, -0.05) is 11.3 Å². The van der Waals surface area contributed by atoms with Crippen LogP contribution in [-0.2, 0) is 0 Å². The number of aryl methyl sites for hydroxylation is 1. The minimum atomic E-state index is 0.996. The first kappa shape index (κ1) is 9.54. The number of nitrogens with zero attached hydrogens (tertiary/aromatic N) is 2. The summed E-state index contributed by atoms with van der Waals surface area (Å²) >= 11 is 5.61. The van der Waals surface area contributed by atoms with E-state index >= 15 is 0 Å². The molecule has 2 aromatic rings. The average Bonchev–Trinajstić information content (AvgIpc) is 2.62. The molecule has 0 aliphatic rings. The van der Waals surface area contributed by atoms with E-state index in [4.69, 9.17) is 0 Å². The van der Waals surface area contributed by atoms with Gasteiger partial charge in [-0.2, -0.15) is 0 Å². The molecule has 0 spiro atoms. The summed E-state index contributed by atoms with van der Waals surface area (Å²) in [6, 6.07) is 0. The molecule has 0 N–H and O–H groups in total. The van der Waals surface area contributed by atoms with Gasteiger partial charge in [0.05, 0.1) is 0 Å². The van der Waals surface area contributed by atoms with Crippen molar-refractivity contribution in [3.8, 4) is 10.6 Å². The molecule has 0 aliphatic carbocycles. The monoisotopic (exact) mass is 322 g/mol. The van der Waals surface area contributed by atoms with Crippen LogP contribution in [0.5, 0.6) is 0 Å². The molecule has 2 heterocycles. The maximum Gasteiger partial charge on any atom is 0.178 e. The molecule has 0 aliphatic heterocycles. The highest BCUT2D eigenvalue weighted by atomic mass is 127. The van der Waals surface area contributed by atoms with E-state index in [1.807, 2.05) is 0 Å². The zero-order valence-corrected chi connectivity index (χ0v) is 11.0. The van der Waals surface area contributed by atoms with Gasteiger partial charge in [-0.3, -0.25) is 0 Å². The van der Waals surface area contributed by atoms with Crippen LogP contribution in [0, 0.1) is 16.9 Å². The summed E-state index contributed by atoms with van der Waals surface area (Å²) in [4.78, 5) is 1.36. The Hall–Kier alpha value is -0.01000. The van der Waals surface area contributed by atoms with Crippen LogP contribution < -0.4 is 0 Å². The summed E-state index contributed by atoms with van der Waals surface area (Å²) in [5.41, 5.74) is 2.57. The van der Waals surface area contributed by atoms with Crippen LogP contribution in [0.4, 0.5) is 0 Å². The van der Waals surface area contributed by atoms with Crippen LogP contribution >= 0.6 is 45.3 Å². The first-order chi connectivity index (χ1) is 6.18. The van der Waals surface area contributed by atoms with E-state index in [1.165, 1.54) is 16.0 Å². The second kappa shape index (κ2) is 3.62. The molecule has 0 unspecified atom stereocenters. The van der Waals surface area contributed by atoms with Crippen molar-refractivity contribution in [2.24, 2.45) is 0 Å². The van der Waals surface area contributed by atoms with Gasteiger partial charge in [0.25, 0.3) is 0 Å². The van der Waals surface area contributed by atoms with E-state index in [2.05, 4.69) is 52.0 Å². The summed E-state index contributed by atoms with van der Waals surface area (Å²) in [6.45, 7) is 4.27. The van der Waals surface area contributed by atoms with E-state index < -0.39 is 0 Å². The SMILES string of the molecule is Cc1scc(-c2nnc(I)s2)c1C. The second-order valence-electron chi connectivity index (χ2n) is 2.69. The summed E-state index contributed by atoms with van der Waals surface area (Å²) in [6.07, 6.45) is 0. The van der Waals surface area contributed by atoms with Crippen molar-refractivity contribution in [1.82, 2.24) is 10.2 Å². The second-order valence-corrected chi connectivity index (χ2v) is 6.51. The molecule has 0 amide bonds. The molecule has 5 heteroatoms. The number of rotatable bonds is 1. The van der Waals surface area contributed by atoms with E-state index in [1.54, 1.807) is 22.7 Å². The van der Waals surface area contributed by atoms with Crippen LogP contribution in [-0.4, -0.2) is 10.2 Å². The predicted octanol–water partition coefficient (Wildman–Crippen LogP) is 3.49. The minimum absolute atomic E-state index is 0.996. The molecular formula is C8H7IN2S2. The first-order valence-electron chi connectivity index (χ1n) is 3.72. The summed E-state index contributed by atoms with van der Waals surface area (Å²) in [5.74, 6) is 0. The lowest BCUT2D eigenvalue weighted by molar-refractivity contribution is 1.07. The van der Waals surface area contributed by atoms with Crippen LogP contribution in [0.25, 0.3) is 10.6 Å². The van der Waals surface area contributed by atoms with Crippen molar-refractivity contribution < 1.29 is 0 Å². The molecular weight excluding hydrogens is 315 g/mol. The van der Waals surface area contributed by atoms with E-state index in [9.17, 15) is 0 Å². The third-order valence-electron chi connectivity index (χ3n) is 1.92. The van der Waals surface area contributed by atoms with Crippen molar-refractivity contribution in [2.45, 2.75) is 13.8 Å². The number of thiophene rings is 1. The van der Waals surface area contributed by atoms with Crippen molar-refractivity contribution in [2.75, 3.05) is 0 Å². The Labute approximate surface area is 98.2 Å². The Morgan fingerprint density at radius 3 is 2.54 bits per heavy atom. The maximum atomic E-state index is 4.13. The lowest BCUT2D eigenvalue weighted by Crippen LogP contribution is -1.77. The molecule has 0 radical (unpaired) electrons. The molecule has 0 aromatic carbocycles. The standard InChI is InChI=1S/C8H7IN2S2/c1-4-5(2)12-3-6(4)7-10-11-8(9)13-7/h3H,1-2H3. The Bertz CT molecular complexity index is 433. The third kappa shape index (κ3) is 1.77. The van der Waals surface area contributed by atoms with E-state index in [0.717, 1.165) is 8.02 Å². The third-order valence-corrected chi connectivity index (χ3v) is 4.55. The molecule has 2 aromatic heterocycles. The highest BCUT2D eigenvalue weighted by molar-refractivity contribution is 14.1. The van der Waals surface area contributed by atoms with Crippen LogP contribution in [0.3, 0.4) is 0 Å². The molecule has 2 rings (SSSR count). The molecule has 0 bridgehead atoms. The molecule has 0 fully saturated rings. The van der Waals surface area contributed by atoms with Gasteiger partial charge in [0.2, 0.25) is 0 Å². The first-order valence-corrected chi connectivity index (χ1v) is 6.50. The van der Waals surface area contributed by atoms with Gasteiger partial charge in [0.15, 0.2) is 3.01 Å². The fourth-order valence-electron chi connectivity index (χ4n) is 1.04. The van der Waals surface area contributed by atoms with Crippen LogP contribution in [0.2, 0.25) is 0 Å². The Kier molecular flexibility index (Phi) is 2.66. The van der Waals surface area contributed by atoms with Gasteiger partial charge in [0.1, 0.15) is 5.01 Å². The fraction of sp³-hybridized carbons (Fsp3) is 0.250. The van der Waals surface area contributed by atoms with Crippen molar-refractivity contribution in [3.63, 3.8) is 0 Å². The van der Waals surface area contributed by atoms with Gasteiger partial charge in [0, 0.05) is 15.8 Å². The lowest BCUT2D eigenvalue weighted by atomic mass is 10.2. The highest BCUT2D eigenvalue weighted by Crippen LogP contribution is 2.32. The highest BCUT2D eigenvalue weighted by Gasteiger charge is 2.10. The quantitative estimate of drug-likeness (QED) is 0.751. The zero-order chi connectivity index (χ0) is 9.42. The summed E-state index contributed by atoms with van der Waals surface area (Å²) in [7, 11) is 0. The van der Waals surface area contributed by atoms with E-state index in [0.29, 0.717) is 0 Å². The van der Waals surface area contributed by atoms with Crippen LogP contribution in [0.1, 0.15) is 10.4 Å². The van der Waals surface area contributed by atoms with Crippen molar-refractivity contribution >= 4 is 45.3 Å². The van der Waals surface area contributed by atoms with E-state index in [-0.39, 0.29) is 0 Å². The molecule has 0 saturated heterocycles. The normalized spacial score (nSPS) is 10.7. The summed E-state index contributed by atoms with van der Waals surface area (Å²) in [5, 5.41) is 11.3. The Morgan fingerprint density at radius 1 is 1.31 bits per heavy atom. The van der Waals surface area contributed by atoms with Gasteiger partial charge in [-0.25, -0.2) is 0 Å². The largest absolute Gasteiger partial charge is 0.178 e. The molecule has 2 nitrogen and oxygen atoms in total. The smallest absolute Gasteiger partial charge is 0.148 e. The van der Waals surface area contributed by atoms with Gasteiger partial charge < -0.3 is 0 Å². The minimum Gasteiger partial charge on any atom is -0.148 e. The number of hydrogen-bond donors (Lipinski definition) is 0.